The highest BCUT2D eigenvalue weighted by atomic mass is 19.1. The minimum absolute atomic E-state index is 0.0346. The first kappa shape index (κ1) is 19.4. The Morgan fingerprint density at radius 1 is 0.966 bits per heavy atom. The van der Waals surface area contributed by atoms with Gasteiger partial charge in [0.15, 0.2) is 0 Å². The van der Waals surface area contributed by atoms with E-state index in [2.05, 4.69) is 45.4 Å². The van der Waals surface area contributed by atoms with E-state index in [-0.39, 0.29) is 17.8 Å². The largest absolute Gasteiger partial charge is 0.369 e. The van der Waals surface area contributed by atoms with Crippen LogP contribution in [0.15, 0.2) is 66.7 Å². The van der Waals surface area contributed by atoms with E-state index in [1.54, 1.807) is 0 Å². The molecule has 4 nitrogen and oxygen atoms in total. The summed E-state index contributed by atoms with van der Waals surface area (Å²) in [5.74, 6) is -0.175. The molecular weight excluding hydrogens is 365 g/mol. The van der Waals surface area contributed by atoms with Crippen LogP contribution in [-0.4, -0.2) is 43.5 Å². The Morgan fingerprint density at radius 3 is 2.38 bits per heavy atom. The van der Waals surface area contributed by atoms with Crippen molar-refractivity contribution in [3.63, 3.8) is 0 Å². The molecule has 1 aliphatic heterocycles. The van der Waals surface area contributed by atoms with Crippen LogP contribution in [0.5, 0.6) is 0 Å². The molecule has 3 aromatic rings. The van der Waals surface area contributed by atoms with Gasteiger partial charge < -0.3 is 10.2 Å². The predicted molar refractivity (Wildman–Crippen MR) is 116 cm³/mol. The molecule has 1 fully saturated rings. The number of halogens is 1. The van der Waals surface area contributed by atoms with Gasteiger partial charge in [0.05, 0.1) is 12.6 Å². The Morgan fingerprint density at radius 2 is 1.66 bits per heavy atom. The lowest BCUT2D eigenvalue weighted by atomic mass is 10.0. The van der Waals surface area contributed by atoms with Gasteiger partial charge in [-0.1, -0.05) is 36.4 Å². The van der Waals surface area contributed by atoms with Crippen molar-refractivity contribution in [2.75, 3.05) is 37.6 Å². The van der Waals surface area contributed by atoms with Crippen molar-refractivity contribution in [2.45, 2.75) is 13.0 Å². The molecule has 5 heteroatoms. The van der Waals surface area contributed by atoms with Crippen LogP contribution >= 0.6 is 0 Å². The molecule has 1 saturated heterocycles. The Kier molecular flexibility index (Phi) is 5.76. The van der Waals surface area contributed by atoms with Gasteiger partial charge in [0, 0.05) is 31.9 Å². The number of carbonyl (C=O) groups excluding carboxylic acids is 1. The lowest BCUT2D eigenvalue weighted by molar-refractivity contribution is -0.123. The average Bonchev–Trinajstić information content (AvgIpc) is 2.74. The van der Waals surface area contributed by atoms with Gasteiger partial charge in [0.2, 0.25) is 5.91 Å². The fourth-order valence-electron chi connectivity index (χ4n) is 3.87. The second-order valence-electron chi connectivity index (χ2n) is 7.64. The monoisotopic (exact) mass is 391 g/mol. The molecule has 0 aliphatic carbocycles. The predicted octanol–water partition coefficient (Wildman–Crippen LogP) is 3.98. The van der Waals surface area contributed by atoms with E-state index in [1.807, 2.05) is 31.2 Å². The Hall–Kier alpha value is -2.92. The summed E-state index contributed by atoms with van der Waals surface area (Å²) in [6, 6.07) is 21.1. The Bertz CT molecular complexity index is 981. The van der Waals surface area contributed by atoms with Crippen molar-refractivity contribution < 1.29 is 9.18 Å². The van der Waals surface area contributed by atoms with Gasteiger partial charge in [-0.05, 0) is 53.6 Å². The SMILES string of the molecule is CC(NC(=O)CN1CCN(c2ccc(F)cc2)CC1)c1ccc2ccccc2c1. The van der Waals surface area contributed by atoms with Crippen LogP contribution in [0.2, 0.25) is 0 Å². The van der Waals surface area contributed by atoms with Crippen molar-refractivity contribution in [3.8, 4) is 0 Å². The third-order valence-electron chi connectivity index (χ3n) is 5.58. The number of carbonyl (C=O) groups is 1. The summed E-state index contributed by atoms with van der Waals surface area (Å²) in [7, 11) is 0. The minimum atomic E-state index is -0.218. The third-order valence-corrected chi connectivity index (χ3v) is 5.58. The molecule has 1 amide bonds. The van der Waals surface area contributed by atoms with E-state index < -0.39 is 0 Å². The first-order chi connectivity index (χ1) is 14.1. The second-order valence-corrected chi connectivity index (χ2v) is 7.64. The van der Waals surface area contributed by atoms with E-state index in [4.69, 9.17) is 0 Å². The molecule has 0 spiro atoms. The zero-order chi connectivity index (χ0) is 20.2. The quantitative estimate of drug-likeness (QED) is 0.715. The summed E-state index contributed by atoms with van der Waals surface area (Å²) in [4.78, 5) is 16.9. The van der Waals surface area contributed by atoms with Crippen molar-refractivity contribution in [3.05, 3.63) is 78.1 Å². The van der Waals surface area contributed by atoms with Gasteiger partial charge in [-0.25, -0.2) is 4.39 Å². The Labute approximate surface area is 170 Å². The lowest BCUT2D eigenvalue weighted by Gasteiger charge is -2.35. The zero-order valence-electron chi connectivity index (χ0n) is 16.6. The zero-order valence-corrected chi connectivity index (χ0v) is 16.6. The Balaban J connectivity index is 1.28. The molecule has 0 radical (unpaired) electrons. The van der Waals surface area contributed by atoms with Gasteiger partial charge in [-0.3, -0.25) is 9.69 Å². The standard InChI is InChI=1S/C24H26FN3O/c1-18(20-7-6-19-4-2-3-5-21(19)16-20)26-24(29)17-27-12-14-28(15-13-27)23-10-8-22(25)9-11-23/h2-11,16,18H,12-15,17H2,1H3,(H,26,29). The molecule has 1 aliphatic rings. The van der Waals surface area contributed by atoms with Crippen LogP contribution in [-0.2, 0) is 4.79 Å². The third kappa shape index (κ3) is 4.74. The number of rotatable bonds is 5. The van der Waals surface area contributed by atoms with Gasteiger partial charge >= 0.3 is 0 Å². The van der Waals surface area contributed by atoms with Crippen molar-refractivity contribution >= 4 is 22.4 Å². The molecular formula is C24H26FN3O. The van der Waals surface area contributed by atoms with Crippen LogP contribution in [0.4, 0.5) is 10.1 Å². The number of anilines is 1. The summed E-state index contributed by atoms with van der Waals surface area (Å²) in [5, 5.41) is 5.51. The van der Waals surface area contributed by atoms with Gasteiger partial charge in [-0.2, -0.15) is 0 Å². The lowest BCUT2D eigenvalue weighted by Crippen LogP contribution is -2.49. The van der Waals surface area contributed by atoms with Crippen LogP contribution in [0.25, 0.3) is 10.8 Å². The van der Waals surface area contributed by atoms with Crippen LogP contribution in [0, 0.1) is 5.82 Å². The maximum absolute atomic E-state index is 13.1. The first-order valence-corrected chi connectivity index (χ1v) is 10.1. The second kappa shape index (κ2) is 8.62. The molecule has 3 aromatic carbocycles. The summed E-state index contributed by atoms with van der Waals surface area (Å²) < 4.78 is 13.1. The molecule has 1 heterocycles. The number of amides is 1. The molecule has 0 aromatic heterocycles. The van der Waals surface area contributed by atoms with Crippen LogP contribution in [0.3, 0.4) is 0 Å². The van der Waals surface area contributed by atoms with E-state index in [0.717, 1.165) is 37.4 Å². The summed E-state index contributed by atoms with van der Waals surface area (Å²) in [6.45, 7) is 5.71. The topological polar surface area (TPSA) is 35.6 Å². The van der Waals surface area contributed by atoms with Crippen LogP contribution < -0.4 is 10.2 Å². The summed E-state index contributed by atoms with van der Waals surface area (Å²) in [5.41, 5.74) is 2.14. The van der Waals surface area contributed by atoms with Crippen molar-refractivity contribution in [2.24, 2.45) is 0 Å². The number of fused-ring (bicyclic) bond motifs is 1. The highest BCUT2D eigenvalue weighted by Gasteiger charge is 2.20. The van der Waals surface area contributed by atoms with Gasteiger partial charge in [0.1, 0.15) is 5.82 Å². The highest BCUT2D eigenvalue weighted by molar-refractivity contribution is 5.83. The highest BCUT2D eigenvalue weighted by Crippen LogP contribution is 2.20. The number of hydrogen-bond acceptors (Lipinski definition) is 3. The minimum Gasteiger partial charge on any atom is -0.369 e. The van der Waals surface area contributed by atoms with Gasteiger partial charge in [-0.15, -0.1) is 0 Å². The molecule has 1 atom stereocenters. The molecule has 1 unspecified atom stereocenters. The molecule has 0 bridgehead atoms. The fourth-order valence-corrected chi connectivity index (χ4v) is 3.87. The number of benzene rings is 3. The van der Waals surface area contributed by atoms with Crippen molar-refractivity contribution in [1.82, 2.24) is 10.2 Å². The number of nitrogens with one attached hydrogen (secondary N) is 1. The molecule has 1 N–H and O–H groups in total. The fraction of sp³-hybridized carbons (Fsp3) is 0.292. The normalized spacial score (nSPS) is 16.0. The summed E-state index contributed by atoms with van der Waals surface area (Å²) >= 11 is 0. The molecule has 0 saturated carbocycles. The van der Waals surface area contributed by atoms with E-state index in [1.165, 1.54) is 22.9 Å². The first-order valence-electron chi connectivity index (χ1n) is 10.1. The number of nitrogens with zero attached hydrogens (tertiary/aromatic N) is 2. The van der Waals surface area contributed by atoms with Crippen molar-refractivity contribution in [1.29, 1.82) is 0 Å². The maximum Gasteiger partial charge on any atom is 0.234 e. The van der Waals surface area contributed by atoms with E-state index in [9.17, 15) is 9.18 Å². The molecule has 29 heavy (non-hydrogen) atoms. The number of hydrogen-bond donors (Lipinski definition) is 1. The molecule has 150 valence electrons. The maximum atomic E-state index is 13.1. The van der Waals surface area contributed by atoms with E-state index in [0.29, 0.717) is 6.54 Å². The number of piperazine rings is 1. The smallest absolute Gasteiger partial charge is 0.234 e. The van der Waals surface area contributed by atoms with E-state index >= 15 is 0 Å². The average molecular weight is 391 g/mol. The summed E-state index contributed by atoms with van der Waals surface area (Å²) in [6.07, 6.45) is 0. The van der Waals surface area contributed by atoms with Crippen LogP contribution in [0.1, 0.15) is 18.5 Å². The molecule has 4 rings (SSSR count). The van der Waals surface area contributed by atoms with Gasteiger partial charge in [0.25, 0.3) is 0 Å².